The fraction of sp³-hybridized carbons (Fsp3) is 0.0909. The van der Waals surface area contributed by atoms with Gasteiger partial charge in [-0.15, -0.1) is 0 Å². The van der Waals surface area contributed by atoms with Crippen LogP contribution in [0.1, 0.15) is 11.3 Å². The van der Waals surface area contributed by atoms with Crippen LogP contribution >= 0.6 is 0 Å². The number of pyridine rings is 1. The zero-order valence-electron chi connectivity index (χ0n) is 8.37. The molecule has 0 saturated heterocycles. The molecule has 2 aromatic heterocycles. The highest BCUT2D eigenvalue weighted by molar-refractivity contribution is 5.22. The molecular weight excluding hydrogens is 204 g/mol. The fourth-order valence-corrected chi connectivity index (χ4v) is 1.07. The predicted octanol–water partition coefficient (Wildman–Crippen LogP) is 1.32. The molecule has 5 heteroatoms. The normalized spacial score (nSPS) is 9.44. The zero-order chi connectivity index (χ0) is 11.2. The van der Waals surface area contributed by atoms with Crippen LogP contribution in [0.25, 0.3) is 0 Å². The molecule has 0 aliphatic heterocycles. The molecule has 0 spiro atoms. The third kappa shape index (κ3) is 2.51. The van der Waals surface area contributed by atoms with E-state index < -0.39 is 0 Å². The Hall–Kier alpha value is -2.48. The van der Waals surface area contributed by atoms with Gasteiger partial charge < -0.3 is 4.74 Å². The average Bonchev–Trinajstić information content (AvgIpc) is 2.38. The predicted molar refractivity (Wildman–Crippen MR) is 55.3 cm³/mol. The van der Waals surface area contributed by atoms with Crippen molar-refractivity contribution in [2.24, 2.45) is 0 Å². The molecule has 0 aliphatic carbocycles. The van der Waals surface area contributed by atoms with Gasteiger partial charge in [0.05, 0.1) is 23.7 Å². The van der Waals surface area contributed by atoms with Crippen LogP contribution in [-0.2, 0) is 6.61 Å². The molecule has 0 unspecified atom stereocenters. The van der Waals surface area contributed by atoms with Gasteiger partial charge in [-0.1, -0.05) is 6.07 Å². The summed E-state index contributed by atoms with van der Waals surface area (Å²) in [7, 11) is 0. The second kappa shape index (κ2) is 4.84. The summed E-state index contributed by atoms with van der Waals surface area (Å²) in [4.78, 5) is 11.9. The van der Waals surface area contributed by atoms with Gasteiger partial charge in [0.1, 0.15) is 12.7 Å². The van der Waals surface area contributed by atoms with E-state index in [1.54, 1.807) is 6.20 Å². The van der Waals surface area contributed by atoms with Crippen molar-refractivity contribution in [2.45, 2.75) is 6.61 Å². The van der Waals surface area contributed by atoms with Crippen LogP contribution in [-0.4, -0.2) is 15.0 Å². The quantitative estimate of drug-likeness (QED) is 0.767. The molecule has 0 bridgehead atoms. The van der Waals surface area contributed by atoms with Crippen molar-refractivity contribution in [3.63, 3.8) is 0 Å². The summed E-state index contributed by atoms with van der Waals surface area (Å²) in [5.74, 6) is 0. The van der Waals surface area contributed by atoms with E-state index in [1.807, 2.05) is 24.3 Å². The zero-order valence-corrected chi connectivity index (χ0v) is 8.37. The molecule has 16 heavy (non-hydrogen) atoms. The molecule has 0 atom stereocenters. The molecule has 0 aromatic carbocycles. The lowest BCUT2D eigenvalue weighted by molar-refractivity contribution is 0.276. The molecule has 2 rings (SSSR count). The Bertz CT molecular complexity index is 490. The highest BCUT2D eigenvalue weighted by atomic mass is 16.5. The van der Waals surface area contributed by atoms with E-state index in [4.69, 9.17) is 10.00 Å². The lowest BCUT2D eigenvalue weighted by Gasteiger charge is -2.02. The first-order chi connectivity index (χ1) is 7.88. The summed E-state index contributed by atoms with van der Waals surface area (Å²) in [6.07, 6.45) is 4.53. The smallest absolute Gasteiger partial charge is 0.316 e. The van der Waals surface area contributed by atoms with Gasteiger partial charge in [0.25, 0.3) is 0 Å². The van der Waals surface area contributed by atoms with Crippen LogP contribution < -0.4 is 4.74 Å². The van der Waals surface area contributed by atoms with Crippen LogP contribution in [0.3, 0.4) is 0 Å². The Morgan fingerprint density at radius 1 is 1.19 bits per heavy atom. The Balaban J connectivity index is 1.98. The number of aromatic nitrogens is 3. The molecule has 0 saturated carbocycles. The number of ether oxygens (including phenoxy) is 1. The van der Waals surface area contributed by atoms with Gasteiger partial charge >= 0.3 is 6.01 Å². The Labute approximate surface area is 92.4 Å². The van der Waals surface area contributed by atoms with Crippen molar-refractivity contribution < 1.29 is 4.74 Å². The number of nitrogens with zero attached hydrogens (tertiary/aromatic N) is 4. The van der Waals surface area contributed by atoms with Gasteiger partial charge in [0.15, 0.2) is 0 Å². The van der Waals surface area contributed by atoms with Crippen molar-refractivity contribution in [3.8, 4) is 12.1 Å². The first kappa shape index (κ1) is 10.1. The molecule has 0 N–H and O–H groups in total. The van der Waals surface area contributed by atoms with E-state index in [0.29, 0.717) is 12.2 Å². The average molecular weight is 212 g/mol. The minimum absolute atomic E-state index is 0.240. The van der Waals surface area contributed by atoms with Crippen molar-refractivity contribution >= 4 is 0 Å². The molecule has 5 nitrogen and oxygen atoms in total. The van der Waals surface area contributed by atoms with Gasteiger partial charge in [-0.25, -0.2) is 9.97 Å². The molecule has 0 radical (unpaired) electrons. The third-order valence-corrected chi connectivity index (χ3v) is 1.83. The van der Waals surface area contributed by atoms with Gasteiger partial charge in [0, 0.05) is 6.20 Å². The number of rotatable bonds is 3. The van der Waals surface area contributed by atoms with Crippen molar-refractivity contribution in [3.05, 3.63) is 48.0 Å². The summed E-state index contributed by atoms with van der Waals surface area (Å²) >= 11 is 0. The van der Waals surface area contributed by atoms with Gasteiger partial charge in [-0.2, -0.15) is 5.26 Å². The molecule has 78 valence electrons. The molecule has 0 fully saturated rings. The Kier molecular flexibility index (Phi) is 3.04. The summed E-state index contributed by atoms with van der Waals surface area (Å²) < 4.78 is 5.30. The lowest BCUT2D eigenvalue weighted by atomic mass is 10.4. The van der Waals surface area contributed by atoms with Crippen LogP contribution in [0.4, 0.5) is 0 Å². The van der Waals surface area contributed by atoms with E-state index in [9.17, 15) is 0 Å². The SMILES string of the molecule is N#Cc1cnc(OCc2ccccn2)nc1. The summed E-state index contributed by atoms with van der Waals surface area (Å²) in [5.41, 5.74) is 1.21. The minimum atomic E-state index is 0.240. The molecule has 0 aliphatic rings. The van der Waals surface area contributed by atoms with E-state index in [1.165, 1.54) is 12.4 Å². The van der Waals surface area contributed by atoms with Crippen molar-refractivity contribution in [1.82, 2.24) is 15.0 Å². The van der Waals surface area contributed by atoms with E-state index >= 15 is 0 Å². The maximum absolute atomic E-state index is 8.56. The van der Waals surface area contributed by atoms with Crippen molar-refractivity contribution in [1.29, 1.82) is 5.26 Å². The second-order valence-corrected chi connectivity index (χ2v) is 2.98. The van der Waals surface area contributed by atoms with Crippen molar-refractivity contribution in [2.75, 3.05) is 0 Å². The van der Waals surface area contributed by atoms with E-state index in [-0.39, 0.29) is 6.01 Å². The largest absolute Gasteiger partial charge is 0.457 e. The first-order valence-corrected chi connectivity index (χ1v) is 4.63. The molecule has 2 aromatic rings. The summed E-state index contributed by atoms with van der Waals surface area (Å²) in [6.45, 7) is 0.312. The number of hydrogen-bond acceptors (Lipinski definition) is 5. The third-order valence-electron chi connectivity index (χ3n) is 1.83. The standard InChI is InChI=1S/C11H8N4O/c12-5-9-6-14-11(15-7-9)16-8-10-3-1-2-4-13-10/h1-4,6-7H,8H2. The van der Waals surface area contributed by atoms with E-state index in [0.717, 1.165) is 5.69 Å². The van der Waals surface area contributed by atoms with Gasteiger partial charge in [0.2, 0.25) is 0 Å². The number of nitriles is 1. The van der Waals surface area contributed by atoms with Crippen LogP contribution in [0, 0.1) is 11.3 Å². The fourth-order valence-electron chi connectivity index (χ4n) is 1.07. The Morgan fingerprint density at radius 2 is 2.00 bits per heavy atom. The van der Waals surface area contributed by atoms with Gasteiger partial charge in [-0.05, 0) is 12.1 Å². The molecule has 2 heterocycles. The topological polar surface area (TPSA) is 71.7 Å². The highest BCUT2D eigenvalue weighted by Gasteiger charge is 1.99. The summed E-state index contributed by atoms with van der Waals surface area (Å²) in [6, 6.07) is 7.74. The second-order valence-electron chi connectivity index (χ2n) is 2.98. The maximum Gasteiger partial charge on any atom is 0.316 e. The molecule has 0 amide bonds. The summed E-state index contributed by atoms with van der Waals surface area (Å²) in [5, 5.41) is 8.56. The molecular formula is C11H8N4O. The maximum atomic E-state index is 8.56. The van der Waals surface area contributed by atoms with Crippen LogP contribution in [0.15, 0.2) is 36.8 Å². The van der Waals surface area contributed by atoms with Gasteiger partial charge in [-0.3, -0.25) is 4.98 Å². The van der Waals surface area contributed by atoms with E-state index in [2.05, 4.69) is 15.0 Å². The first-order valence-electron chi connectivity index (χ1n) is 4.63. The van der Waals surface area contributed by atoms with Crippen LogP contribution in [0.2, 0.25) is 0 Å². The number of hydrogen-bond donors (Lipinski definition) is 0. The highest BCUT2D eigenvalue weighted by Crippen LogP contribution is 2.04. The monoisotopic (exact) mass is 212 g/mol. The Morgan fingerprint density at radius 3 is 2.62 bits per heavy atom. The lowest BCUT2D eigenvalue weighted by Crippen LogP contribution is -2.00. The van der Waals surface area contributed by atoms with Crippen LogP contribution in [0.5, 0.6) is 6.01 Å². The minimum Gasteiger partial charge on any atom is -0.457 e.